The zero-order valence-corrected chi connectivity index (χ0v) is 11.3. The summed E-state index contributed by atoms with van der Waals surface area (Å²) in [6.45, 7) is 6.93. The van der Waals surface area contributed by atoms with Crippen molar-refractivity contribution in [3.05, 3.63) is 21.9 Å². The number of hydrogen-bond acceptors (Lipinski definition) is 3. The van der Waals surface area contributed by atoms with Gasteiger partial charge in [0.15, 0.2) is 0 Å². The van der Waals surface area contributed by atoms with Gasteiger partial charge in [-0.25, -0.2) is 0 Å². The van der Waals surface area contributed by atoms with Gasteiger partial charge in [-0.1, -0.05) is 13.8 Å². The Morgan fingerprint density at radius 1 is 1.59 bits per heavy atom. The van der Waals surface area contributed by atoms with Crippen LogP contribution in [0.25, 0.3) is 0 Å². The van der Waals surface area contributed by atoms with Crippen molar-refractivity contribution in [1.29, 1.82) is 0 Å². The Bertz CT molecular complexity index is 413. The summed E-state index contributed by atoms with van der Waals surface area (Å²) in [5, 5.41) is 11.5. The van der Waals surface area contributed by atoms with E-state index in [4.69, 9.17) is 0 Å². The molecule has 17 heavy (non-hydrogen) atoms. The van der Waals surface area contributed by atoms with Crippen molar-refractivity contribution in [3.8, 4) is 0 Å². The molecule has 1 aromatic rings. The minimum Gasteiger partial charge on any atom is -0.480 e. The van der Waals surface area contributed by atoms with Crippen LogP contribution >= 0.6 is 11.3 Å². The van der Waals surface area contributed by atoms with E-state index in [-0.39, 0.29) is 18.0 Å². The lowest BCUT2D eigenvalue weighted by Crippen LogP contribution is -2.48. The van der Waals surface area contributed by atoms with Gasteiger partial charge in [-0.2, -0.15) is 0 Å². The van der Waals surface area contributed by atoms with Crippen molar-refractivity contribution in [2.45, 2.75) is 39.3 Å². The van der Waals surface area contributed by atoms with E-state index in [9.17, 15) is 9.90 Å². The summed E-state index contributed by atoms with van der Waals surface area (Å²) in [6.07, 6.45) is 0.980. The molecule has 1 N–H and O–H groups in total. The van der Waals surface area contributed by atoms with Gasteiger partial charge in [0.05, 0.1) is 0 Å². The molecule has 4 heteroatoms. The molecule has 0 aliphatic carbocycles. The van der Waals surface area contributed by atoms with E-state index >= 15 is 0 Å². The molecule has 0 bridgehead atoms. The lowest BCUT2D eigenvalue weighted by Gasteiger charge is -2.39. The monoisotopic (exact) mass is 253 g/mol. The summed E-state index contributed by atoms with van der Waals surface area (Å²) in [5.74, 6) is -0.569. The van der Waals surface area contributed by atoms with E-state index in [2.05, 4.69) is 23.3 Å². The first-order valence-electron chi connectivity index (χ1n) is 6.07. The average molecular weight is 253 g/mol. The van der Waals surface area contributed by atoms with Crippen molar-refractivity contribution < 1.29 is 9.90 Å². The molecule has 94 valence electrons. The molecule has 0 spiro atoms. The third-order valence-electron chi connectivity index (χ3n) is 3.57. The molecule has 0 saturated heterocycles. The highest BCUT2D eigenvalue weighted by atomic mass is 32.1. The fraction of sp³-hybridized carbons (Fsp3) is 0.615. The first kappa shape index (κ1) is 12.6. The summed E-state index contributed by atoms with van der Waals surface area (Å²) in [7, 11) is 0. The molecule has 3 nitrogen and oxygen atoms in total. The van der Waals surface area contributed by atoms with Crippen molar-refractivity contribution in [3.63, 3.8) is 0 Å². The second-order valence-electron chi connectivity index (χ2n) is 4.99. The van der Waals surface area contributed by atoms with Gasteiger partial charge < -0.3 is 5.11 Å². The Labute approximate surface area is 106 Å². The molecule has 0 aromatic carbocycles. The number of rotatable bonds is 3. The molecule has 0 fully saturated rings. The summed E-state index contributed by atoms with van der Waals surface area (Å²) >= 11 is 1.79. The standard InChI is InChI=1S/C13H19NO2S/c1-8(2)12(13(15)16)14-6-4-11-10(9(14)3)5-7-17-11/h5,7-9,12H,4,6H2,1-3H3,(H,15,16). The number of carboxylic acids is 1. The van der Waals surface area contributed by atoms with Crippen LogP contribution in [0.5, 0.6) is 0 Å². The van der Waals surface area contributed by atoms with Crippen LogP contribution < -0.4 is 0 Å². The molecule has 1 aliphatic heterocycles. The van der Waals surface area contributed by atoms with E-state index in [1.165, 1.54) is 10.4 Å². The summed E-state index contributed by atoms with van der Waals surface area (Å²) in [5.41, 5.74) is 1.31. The lowest BCUT2D eigenvalue weighted by atomic mass is 9.94. The molecule has 1 aromatic heterocycles. The first-order valence-corrected chi connectivity index (χ1v) is 6.95. The molecule has 2 heterocycles. The SMILES string of the molecule is CC(C)C(C(=O)O)N1CCc2sccc2C1C. The lowest BCUT2D eigenvalue weighted by molar-refractivity contribution is -0.146. The van der Waals surface area contributed by atoms with Crippen LogP contribution in [0.2, 0.25) is 0 Å². The molecule has 2 atom stereocenters. The maximum absolute atomic E-state index is 11.4. The number of aliphatic carboxylic acids is 1. The summed E-state index contributed by atoms with van der Waals surface area (Å²) in [4.78, 5) is 14.9. The predicted molar refractivity (Wildman–Crippen MR) is 69.4 cm³/mol. The van der Waals surface area contributed by atoms with Gasteiger partial charge in [0.25, 0.3) is 0 Å². The third kappa shape index (κ3) is 2.24. The van der Waals surface area contributed by atoms with Gasteiger partial charge in [-0.3, -0.25) is 9.69 Å². The van der Waals surface area contributed by atoms with Crippen LogP contribution in [-0.4, -0.2) is 28.6 Å². The second kappa shape index (κ2) is 4.78. The first-order chi connectivity index (χ1) is 8.02. The van der Waals surface area contributed by atoms with Crippen molar-refractivity contribution in [1.82, 2.24) is 4.90 Å². The quantitative estimate of drug-likeness (QED) is 0.900. The van der Waals surface area contributed by atoms with Crippen molar-refractivity contribution in [2.24, 2.45) is 5.92 Å². The fourth-order valence-corrected chi connectivity index (χ4v) is 3.68. The van der Waals surface area contributed by atoms with E-state index in [0.29, 0.717) is 0 Å². The second-order valence-corrected chi connectivity index (χ2v) is 5.99. The number of thiophene rings is 1. The van der Waals surface area contributed by atoms with E-state index < -0.39 is 5.97 Å². The fourth-order valence-electron chi connectivity index (χ4n) is 2.72. The van der Waals surface area contributed by atoms with Crippen LogP contribution in [0.3, 0.4) is 0 Å². The van der Waals surface area contributed by atoms with Crippen LogP contribution in [0.1, 0.15) is 37.3 Å². The highest BCUT2D eigenvalue weighted by Crippen LogP contribution is 2.35. The number of carbonyl (C=O) groups is 1. The summed E-state index contributed by atoms with van der Waals surface area (Å²) < 4.78 is 0. The van der Waals surface area contributed by atoms with Crippen LogP contribution in [0.4, 0.5) is 0 Å². The zero-order valence-electron chi connectivity index (χ0n) is 10.5. The van der Waals surface area contributed by atoms with Crippen molar-refractivity contribution in [2.75, 3.05) is 6.54 Å². The summed E-state index contributed by atoms with van der Waals surface area (Å²) in [6, 6.07) is 1.97. The molecule has 2 unspecified atom stereocenters. The van der Waals surface area contributed by atoms with Crippen LogP contribution in [0, 0.1) is 5.92 Å². The van der Waals surface area contributed by atoms with E-state index in [1.807, 2.05) is 13.8 Å². The smallest absolute Gasteiger partial charge is 0.321 e. The minimum atomic E-state index is -0.703. The van der Waals surface area contributed by atoms with Gasteiger partial charge in [-0.15, -0.1) is 11.3 Å². The van der Waals surface area contributed by atoms with Crippen molar-refractivity contribution >= 4 is 17.3 Å². The highest BCUT2D eigenvalue weighted by molar-refractivity contribution is 7.10. The molecule has 1 aliphatic rings. The Morgan fingerprint density at radius 3 is 2.88 bits per heavy atom. The molecular weight excluding hydrogens is 234 g/mol. The number of hydrogen-bond donors (Lipinski definition) is 1. The maximum atomic E-state index is 11.4. The van der Waals surface area contributed by atoms with E-state index in [1.54, 1.807) is 11.3 Å². The van der Waals surface area contributed by atoms with Gasteiger partial charge >= 0.3 is 5.97 Å². The van der Waals surface area contributed by atoms with Gasteiger partial charge in [0, 0.05) is 17.5 Å². The Morgan fingerprint density at radius 2 is 2.29 bits per heavy atom. The number of carboxylic acid groups (broad SMARTS) is 1. The molecule has 0 radical (unpaired) electrons. The normalized spacial score (nSPS) is 22.5. The molecule has 0 amide bonds. The third-order valence-corrected chi connectivity index (χ3v) is 4.56. The molecule has 0 saturated carbocycles. The Kier molecular flexibility index (Phi) is 3.54. The minimum absolute atomic E-state index is 0.134. The maximum Gasteiger partial charge on any atom is 0.321 e. The molecular formula is C13H19NO2S. The van der Waals surface area contributed by atoms with Gasteiger partial charge in [-0.05, 0) is 36.3 Å². The van der Waals surface area contributed by atoms with E-state index in [0.717, 1.165) is 13.0 Å². The number of nitrogens with zero attached hydrogens (tertiary/aromatic N) is 1. The Hall–Kier alpha value is -0.870. The van der Waals surface area contributed by atoms with Crippen LogP contribution in [0.15, 0.2) is 11.4 Å². The predicted octanol–water partition coefficient (Wildman–Crippen LogP) is 2.78. The Balaban J connectivity index is 2.27. The topological polar surface area (TPSA) is 40.5 Å². The van der Waals surface area contributed by atoms with Gasteiger partial charge in [0.1, 0.15) is 6.04 Å². The molecule has 2 rings (SSSR count). The van der Waals surface area contributed by atoms with Crippen LogP contribution in [-0.2, 0) is 11.2 Å². The average Bonchev–Trinajstić information content (AvgIpc) is 2.69. The zero-order chi connectivity index (χ0) is 12.6. The largest absolute Gasteiger partial charge is 0.480 e. The highest BCUT2D eigenvalue weighted by Gasteiger charge is 2.35. The number of fused-ring (bicyclic) bond motifs is 1. The van der Waals surface area contributed by atoms with Gasteiger partial charge in [0.2, 0.25) is 0 Å².